The molecule has 0 atom stereocenters. The molecular formula is C22H25N3O4. The van der Waals surface area contributed by atoms with Gasteiger partial charge in [-0.15, -0.1) is 0 Å². The molecule has 1 aromatic carbocycles. The van der Waals surface area contributed by atoms with Crippen molar-refractivity contribution in [1.29, 1.82) is 0 Å². The molecule has 0 aliphatic heterocycles. The van der Waals surface area contributed by atoms with Gasteiger partial charge in [-0.2, -0.15) is 5.10 Å². The Labute approximate surface area is 169 Å². The summed E-state index contributed by atoms with van der Waals surface area (Å²) < 4.78 is 10.4. The van der Waals surface area contributed by atoms with Gasteiger partial charge in [-0.3, -0.25) is 9.89 Å². The zero-order valence-corrected chi connectivity index (χ0v) is 16.7. The molecule has 7 nitrogen and oxygen atoms in total. The fraction of sp³-hybridized carbons (Fsp3) is 0.318. The number of benzene rings is 1. The first-order valence-corrected chi connectivity index (χ1v) is 9.54. The number of carbonyl (C=O) groups is 1. The molecule has 2 aromatic heterocycles. The number of carbonyl (C=O) groups excluding carboxylic acids is 1. The van der Waals surface area contributed by atoms with E-state index >= 15 is 0 Å². The van der Waals surface area contributed by atoms with Gasteiger partial charge in [0.05, 0.1) is 24.5 Å². The molecule has 0 saturated heterocycles. The van der Waals surface area contributed by atoms with Gasteiger partial charge < -0.3 is 14.5 Å². The van der Waals surface area contributed by atoms with Crippen molar-refractivity contribution >= 4 is 5.91 Å². The molecule has 2 N–H and O–H groups in total. The molecule has 0 spiro atoms. The Morgan fingerprint density at radius 1 is 1.21 bits per heavy atom. The number of methoxy groups -OCH3 is 1. The minimum atomic E-state index is -0.609. The summed E-state index contributed by atoms with van der Waals surface area (Å²) in [5.41, 5.74) is 2.75. The normalized spacial score (nSPS) is 10.8. The highest BCUT2D eigenvalue weighted by Gasteiger charge is 2.17. The lowest BCUT2D eigenvalue weighted by atomic mass is 10.1. The van der Waals surface area contributed by atoms with Crippen molar-refractivity contribution in [2.75, 3.05) is 7.11 Å². The number of aromatic amines is 1. The second-order valence-electron chi connectivity index (χ2n) is 6.90. The first kappa shape index (κ1) is 20.5. The summed E-state index contributed by atoms with van der Waals surface area (Å²) in [6, 6.07) is 13.7. The maximum Gasteiger partial charge on any atom is 0.349 e. The van der Waals surface area contributed by atoms with E-state index in [4.69, 9.17) is 9.15 Å². The molecule has 0 radical (unpaired) electrons. The van der Waals surface area contributed by atoms with Crippen LogP contribution >= 0.6 is 0 Å². The van der Waals surface area contributed by atoms with Crippen LogP contribution in [0.15, 0.2) is 51.7 Å². The van der Waals surface area contributed by atoms with Crippen LogP contribution in [0, 0.1) is 6.92 Å². The maximum atomic E-state index is 12.5. The van der Waals surface area contributed by atoms with Crippen molar-refractivity contribution < 1.29 is 13.9 Å². The van der Waals surface area contributed by atoms with Crippen LogP contribution in [-0.2, 0) is 30.7 Å². The summed E-state index contributed by atoms with van der Waals surface area (Å²) in [6.45, 7) is 2.37. The smallest absolute Gasteiger partial charge is 0.349 e. The van der Waals surface area contributed by atoms with E-state index in [1.165, 1.54) is 5.56 Å². The van der Waals surface area contributed by atoms with Crippen molar-refractivity contribution in [3.63, 3.8) is 0 Å². The SMILES string of the molecule is COCc1cc(CNC(=O)c2c(C)cc(CCCc3ccccc3)oc2=O)[nH]n1. The molecule has 3 aromatic rings. The van der Waals surface area contributed by atoms with Gasteiger partial charge in [0.15, 0.2) is 0 Å². The van der Waals surface area contributed by atoms with Crippen molar-refractivity contribution in [1.82, 2.24) is 15.5 Å². The third-order valence-corrected chi connectivity index (χ3v) is 4.57. The molecule has 29 heavy (non-hydrogen) atoms. The number of aromatic nitrogens is 2. The lowest BCUT2D eigenvalue weighted by Crippen LogP contribution is -2.29. The van der Waals surface area contributed by atoms with Crippen molar-refractivity contribution in [2.24, 2.45) is 0 Å². The number of rotatable bonds is 9. The lowest BCUT2D eigenvalue weighted by molar-refractivity contribution is 0.0945. The van der Waals surface area contributed by atoms with Crippen molar-refractivity contribution in [3.05, 3.63) is 86.7 Å². The van der Waals surface area contributed by atoms with Gasteiger partial charge in [0, 0.05) is 13.5 Å². The average molecular weight is 395 g/mol. The molecule has 1 amide bonds. The standard InChI is InChI=1S/C22H25N3O4/c1-15-11-19(10-6-9-16-7-4-3-5-8-16)29-22(27)20(15)21(26)23-13-17-12-18(14-28-2)25-24-17/h3-5,7-8,11-12H,6,9-10,13-14H2,1-2H3,(H,23,26)(H,24,25). The first-order valence-electron chi connectivity index (χ1n) is 9.54. The quantitative estimate of drug-likeness (QED) is 0.581. The molecule has 0 saturated carbocycles. The highest BCUT2D eigenvalue weighted by molar-refractivity contribution is 5.95. The third kappa shape index (κ3) is 5.65. The van der Waals surface area contributed by atoms with Crippen LogP contribution in [0.5, 0.6) is 0 Å². The Bertz CT molecular complexity index is 1010. The summed E-state index contributed by atoms with van der Waals surface area (Å²) in [4.78, 5) is 24.8. The number of nitrogens with zero attached hydrogens (tertiary/aromatic N) is 1. The van der Waals surface area contributed by atoms with Gasteiger partial charge in [0.1, 0.15) is 11.3 Å². The number of ether oxygens (including phenoxy) is 1. The maximum absolute atomic E-state index is 12.5. The topological polar surface area (TPSA) is 97.2 Å². The Kier molecular flexibility index (Phi) is 6.97. The molecule has 7 heteroatoms. The van der Waals surface area contributed by atoms with E-state index < -0.39 is 11.5 Å². The Balaban J connectivity index is 1.59. The largest absolute Gasteiger partial charge is 0.427 e. The van der Waals surface area contributed by atoms with Crippen LogP contribution in [0.2, 0.25) is 0 Å². The highest BCUT2D eigenvalue weighted by Crippen LogP contribution is 2.11. The van der Waals surface area contributed by atoms with Crippen molar-refractivity contribution in [3.8, 4) is 0 Å². The number of H-pyrrole nitrogens is 1. The van der Waals surface area contributed by atoms with E-state index in [1.807, 2.05) is 18.2 Å². The molecule has 0 aliphatic carbocycles. The number of amides is 1. The molecule has 2 heterocycles. The van der Waals surface area contributed by atoms with Crippen LogP contribution < -0.4 is 10.9 Å². The number of nitrogens with one attached hydrogen (secondary N) is 2. The Hall–Kier alpha value is -3.19. The van der Waals surface area contributed by atoms with E-state index in [0.717, 1.165) is 24.2 Å². The van der Waals surface area contributed by atoms with E-state index in [1.54, 1.807) is 26.2 Å². The zero-order valence-electron chi connectivity index (χ0n) is 16.7. The van der Waals surface area contributed by atoms with Crippen molar-refractivity contribution in [2.45, 2.75) is 39.3 Å². The zero-order chi connectivity index (χ0) is 20.6. The number of aryl methyl sites for hydroxylation is 3. The molecule has 3 rings (SSSR count). The van der Waals surface area contributed by atoms with E-state index in [9.17, 15) is 9.59 Å². The van der Waals surface area contributed by atoms with Crippen LogP contribution in [-0.4, -0.2) is 23.2 Å². The van der Waals surface area contributed by atoms with E-state index in [2.05, 4.69) is 27.6 Å². The summed E-state index contributed by atoms with van der Waals surface area (Å²) in [7, 11) is 1.59. The second-order valence-corrected chi connectivity index (χ2v) is 6.90. The predicted octanol–water partition coefficient (Wildman–Crippen LogP) is 2.92. The number of hydrogen-bond donors (Lipinski definition) is 2. The van der Waals surface area contributed by atoms with E-state index in [0.29, 0.717) is 24.4 Å². The molecule has 152 valence electrons. The Morgan fingerprint density at radius 3 is 2.72 bits per heavy atom. The van der Waals surface area contributed by atoms with Crippen LogP contribution in [0.4, 0.5) is 0 Å². The molecule has 0 bridgehead atoms. The fourth-order valence-electron chi connectivity index (χ4n) is 3.17. The summed E-state index contributed by atoms with van der Waals surface area (Å²) >= 11 is 0. The summed E-state index contributed by atoms with van der Waals surface area (Å²) in [5.74, 6) is 0.132. The number of hydrogen-bond acceptors (Lipinski definition) is 5. The molecule has 0 aliphatic rings. The first-order chi connectivity index (χ1) is 14.1. The monoisotopic (exact) mass is 395 g/mol. The van der Waals surface area contributed by atoms with Crippen LogP contribution in [0.25, 0.3) is 0 Å². The van der Waals surface area contributed by atoms with Gasteiger partial charge in [-0.25, -0.2) is 4.79 Å². The van der Waals surface area contributed by atoms with Crippen LogP contribution in [0.3, 0.4) is 0 Å². The summed E-state index contributed by atoms with van der Waals surface area (Å²) in [6.07, 6.45) is 2.41. The third-order valence-electron chi connectivity index (χ3n) is 4.57. The lowest BCUT2D eigenvalue weighted by Gasteiger charge is -2.08. The molecule has 0 fully saturated rings. The highest BCUT2D eigenvalue weighted by atomic mass is 16.5. The molecule has 0 unspecified atom stereocenters. The minimum Gasteiger partial charge on any atom is -0.427 e. The van der Waals surface area contributed by atoms with Crippen LogP contribution in [0.1, 0.15) is 45.1 Å². The second kappa shape index (κ2) is 9.84. The Morgan fingerprint density at radius 2 is 2.00 bits per heavy atom. The van der Waals surface area contributed by atoms with Gasteiger partial charge in [-0.1, -0.05) is 30.3 Å². The summed E-state index contributed by atoms with van der Waals surface area (Å²) in [5, 5.41) is 9.62. The average Bonchev–Trinajstić information content (AvgIpc) is 3.14. The predicted molar refractivity (Wildman–Crippen MR) is 109 cm³/mol. The van der Waals surface area contributed by atoms with Gasteiger partial charge >= 0.3 is 5.63 Å². The minimum absolute atomic E-state index is 0.0356. The van der Waals surface area contributed by atoms with Gasteiger partial charge in [-0.05, 0) is 43.0 Å². The van der Waals surface area contributed by atoms with Gasteiger partial charge in [0.25, 0.3) is 5.91 Å². The molecular weight excluding hydrogens is 370 g/mol. The van der Waals surface area contributed by atoms with Gasteiger partial charge in [0.2, 0.25) is 0 Å². The fourth-order valence-corrected chi connectivity index (χ4v) is 3.17. The van der Waals surface area contributed by atoms with E-state index in [-0.39, 0.29) is 12.1 Å².